The van der Waals surface area contributed by atoms with Crippen molar-refractivity contribution in [3.8, 4) is 0 Å². The maximum atomic E-state index is 5.93. The third-order valence-electron chi connectivity index (χ3n) is 4.02. The molecule has 3 heterocycles. The SMILES string of the molecule is c1ccc2oc(N3CCCC[C@H]3Cn3cncn3)nc2c1. The smallest absolute Gasteiger partial charge is 0.298 e. The van der Waals surface area contributed by atoms with Crippen molar-refractivity contribution in [2.24, 2.45) is 0 Å². The van der Waals surface area contributed by atoms with E-state index in [9.17, 15) is 0 Å². The van der Waals surface area contributed by atoms with Crippen molar-refractivity contribution in [2.45, 2.75) is 31.8 Å². The molecule has 1 aliphatic rings. The van der Waals surface area contributed by atoms with Gasteiger partial charge in [-0.25, -0.2) is 4.98 Å². The molecule has 3 aromatic rings. The van der Waals surface area contributed by atoms with Crippen LogP contribution in [0.3, 0.4) is 0 Å². The highest BCUT2D eigenvalue weighted by molar-refractivity contribution is 5.74. The van der Waals surface area contributed by atoms with Gasteiger partial charge in [0.2, 0.25) is 0 Å². The minimum atomic E-state index is 0.355. The highest BCUT2D eigenvalue weighted by atomic mass is 16.4. The molecule has 6 nitrogen and oxygen atoms in total. The zero-order valence-corrected chi connectivity index (χ0v) is 11.7. The molecule has 0 unspecified atom stereocenters. The van der Waals surface area contributed by atoms with E-state index in [0.717, 1.165) is 36.6 Å². The number of piperidine rings is 1. The average molecular weight is 283 g/mol. The van der Waals surface area contributed by atoms with Crippen LogP contribution in [-0.2, 0) is 6.54 Å². The van der Waals surface area contributed by atoms with E-state index in [2.05, 4.69) is 20.0 Å². The van der Waals surface area contributed by atoms with Gasteiger partial charge in [0.05, 0.1) is 12.6 Å². The summed E-state index contributed by atoms with van der Waals surface area (Å²) in [5.41, 5.74) is 1.76. The van der Waals surface area contributed by atoms with Crippen molar-refractivity contribution in [3.05, 3.63) is 36.9 Å². The fourth-order valence-corrected chi connectivity index (χ4v) is 2.97. The van der Waals surface area contributed by atoms with Crippen molar-refractivity contribution in [1.82, 2.24) is 19.7 Å². The second-order valence-electron chi connectivity index (χ2n) is 5.42. The van der Waals surface area contributed by atoms with Crippen LogP contribution in [-0.4, -0.2) is 32.3 Å². The molecule has 108 valence electrons. The summed E-state index contributed by atoms with van der Waals surface area (Å²) in [6.45, 7) is 1.80. The lowest BCUT2D eigenvalue weighted by atomic mass is 10.0. The molecular formula is C15H17N5O. The molecule has 1 aliphatic heterocycles. The number of aromatic nitrogens is 4. The van der Waals surface area contributed by atoms with Gasteiger partial charge in [-0.15, -0.1) is 0 Å². The summed E-state index contributed by atoms with van der Waals surface area (Å²) in [6, 6.07) is 8.98. The van der Waals surface area contributed by atoms with E-state index in [1.807, 2.05) is 28.9 Å². The van der Waals surface area contributed by atoms with Gasteiger partial charge < -0.3 is 9.32 Å². The largest absolute Gasteiger partial charge is 0.423 e. The van der Waals surface area contributed by atoms with Crippen LogP contribution in [0.2, 0.25) is 0 Å². The van der Waals surface area contributed by atoms with Crippen LogP contribution in [0.15, 0.2) is 41.3 Å². The topological polar surface area (TPSA) is 60.0 Å². The molecule has 0 aliphatic carbocycles. The highest BCUT2D eigenvalue weighted by Crippen LogP contribution is 2.28. The van der Waals surface area contributed by atoms with Crippen molar-refractivity contribution in [1.29, 1.82) is 0 Å². The number of hydrogen-bond donors (Lipinski definition) is 0. The third-order valence-corrected chi connectivity index (χ3v) is 4.02. The Bertz CT molecular complexity index is 688. The summed E-state index contributed by atoms with van der Waals surface area (Å²) < 4.78 is 7.81. The Morgan fingerprint density at radius 3 is 3.05 bits per heavy atom. The number of oxazole rings is 1. The third kappa shape index (κ3) is 2.37. The van der Waals surface area contributed by atoms with Crippen LogP contribution in [0.4, 0.5) is 6.01 Å². The molecule has 0 radical (unpaired) electrons. The number of rotatable bonds is 3. The van der Waals surface area contributed by atoms with Crippen LogP contribution in [0.5, 0.6) is 0 Å². The Kier molecular flexibility index (Phi) is 3.06. The molecular weight excluding hydrogens is 266 g/mol. The van der Waals surface area contributed by atoms with Gasteiger partial charge >= 0.3 is 0 Å². The Balaban J connectivity index is 1.63. The van der Waals surface area contributed by atoms with Gasteiger partial charge in [-0.3, -0.25) is 4.68 Å². The van der Waals surface area contributed by atoms with Gasteiger partial charge in [0.1, 0.15) is 18.2 Å². The van der Waals surface area contributed by atoms with Gasteiger partial charge in [-0.2, -0.15) is 10.1 Å². The van der Waals surface area contributed by atoms with Crippen LogP contribution in [0.1, 0.15) is 19.3 Å². The summed E-state index contributed by atoms with van der Waals surface area (Å²) >= 11 is 0. The van der Waals surface area contributed by atoms with Gasteiger partial charge in [0.25, 0.3) is 6.01 Å². The molecule has 1 aromatic carbocycles. The zero-order valence-electron chi connectivity index (χ0n) is 11.7. The number of hydrogen-bond acceptors (Lipinski definition) is 5. The van der Waals surface area contributed by atoms with Crippen LogP contribution in [0.25, 0.3) is 11.1 Å². The molecule has 0 amide bonds. The van der Waals surface area contributed by atoms with Crippen LogP contribution in [0, 0.1) is 0 Å². The van der Waals surface area contributed by atoms with Gasteiger partial charge in [-0.1, -0.05) is 12.1 Å². The van der Waals surface area contributed by atoms with E-state index in [1.54, 1.807) is 12.7 Å². The van der Waals surface area contributed by atoms with Crippen LogP contribution >= 0.6 is 0 Å². The minimum absolute atomic E-state index is 0.355. The van der Waals surface area contributed by atoms with E-state index in [1.165, 1.54) is 12.8 Å². The predicted octanol–water partition coefficient (Wildman–Crippen LogP) is 2.48. The molecule has 0 saturated carbocycles. The molecule has 0 bridgehead atoms. The van der Waals surface area contributed by atoms with Gasteiger partial charge in [0.15, 0.2) is 5.58 Å². The summed E-state index contributed by atoms with van der Waals surface area (Å²) in [4.78, 5) is 10.9. The molecule has 21 heavy (non-hydrogen) atoms. The first kappa shape index (κ1) is 12.4. The normalized spacial score (nSPS) is 19.2. The predicted molar refractivity (Wildman–Crippen MR) is 79.0 cm³/mol. The number of benzene rings is 1. The second kappa shape index (κ2) is 5.20. The van der Waals surface area contributed by atoms with E-state index < -0.39 is 0 Å². The maximum Gasteiger partial charge on any atom is 0.298 e. The molecule has 2 aromatic heterocycles. The number of fused-ring (bicyclic) bond motifs is 1. The first-order chi connectivity index (χ1) is 10.4. The van der Waals surface area contributed by atoms with E-state index in [0.29, 0.717) is 6.04 Å². The van der Waals surface area contributed by atoms with Crippen molar-refractivity contribution in [3.63, 3.8) is 0 Å². The highest BCUT2D eigenvalue weighted by Gasteiger charge is 2.26. The second-order valence-corrected chi connectivity index (χ2v) is 5.42. The minimum Gasteiger partial charge on any atom is -0.423 e. The lowest BCUT2D eigenvalue weighted by molar-refractivity contribution is 0.376. The lowest BCUT2D eigenvalue weighted by Crippen LogP contribution is -2.42. The zero-order chi connectivity index (χ0) is 14.1. The average Bonchev–Trinajstić information content (AvgIpc) is 3.16. The number of nitrogens with zero attached hydrogens (tertiary/aromatic N) is 5. The monoisotopic (exact) mass is 283 g/mol. The summed E-state index contributed by atoms with van der Waals surface area (Å²) in [5, 5.41) is 4.21. The molecule has 0 spiro atoms. The van der Waals surface area contributed by atoms with E-state index in [4.69, 9.17) is 4.42 Å². The van der Waals surface area contributed by atoms with Gasteiger partial charge in [0, 0.05) is 6.54 Å². The van der Waals surface area contributed by atoms with E-state index in [-0.39, 0.29) is 0 Å². The number of anilines is 1. The maximum absolute atomic E-state index is 5.93. The first-order valence-corrected chi connectivity index (χ1v) is 7.35. The fraction of sp³-hybridized carbons (Fsp3) is 0.400. The molecule has 4 rings (SSSR count). The summed E-state index contributed by atoms with van der Waals surface area (Å²) in [7, 11) is 0. The Morgan fingerprint density at radius 1 is 1.24 bits per heavy atom. The van der Waals surface area contributed by atoms with Gasteiger partial charge in [-0.05, 0) is 31.4 Å². The number of para-hydroxylation sites is 2. The summed E-state index contributed by atoms with van der Waals surface area (Å²) in [5.74, 6) is 0. The van der Waals surface area contributed by atoms with Crippen molar-refractivity contribution < 1.29 is 4.42 Å². The Hall–Kier alpha value is -2.37. The Morgan fingerprint density at radius 2 is 2.19 bits per heavy atom. The lowest BCUT2D eigenvalue weighted by Gasteiger charge is -2.34. The molecule has 1 atom stereocenters. The molecule has 1 saturated heterocycles. The van der Waals surface area contributed by atoms with E-state index >= 15 is 0 Å². The molecule has 1 fully saturated rings. The van der Waals surface area contributed by atoms with Crippen LogP contribution < -0.4 is 4.90 Å². The van der Waals surface area contributed by atoms with Crippen molar-refractivity contribution in [2.75, 3.05) is 11.4 Å². The molecule has 6 heteroatoms. The Labute approximate surface area is 122 Å². The standard InChI is InChI=1S/C15H17N5O/c1-2-7-14-13(6-1)18-15(21-14)20-8-4-3-5-12(20)9-19-11-16-10-17-19/h1-2,6-7,10-12H,3-5,8-9H2/t12-/m0/s1. The van der Waals surface area contributed by atoms with Crippen molar-refractivity contribution >= 4 is 17.1 Å². The summed E-state index contributed by atoms with van der Waals surface area (Å²) in [6.07, 6.45) is 6.87. The fourth-order valence-electron chi connectivity index (χ4n) is 2.97. The quantitative estimate of drug-likeness (QED) is 0.739. The molecule has 0 N–H and O–H groups in total. The first-order valence-electron chi connectivity index (χ1n) is 7.35.